The van der Waals surface area contributed by atoms with Crippen LogP contribution in [0.15, 0.2) is 48.5 Å². The van der Waals surface area contributed by atoms with E-state index in [9.17, 15) is 4.79 Å². The Bertz CT molecular complexity index is 636. The maximum absolute atomic E-state index is 11.0. The Hall–Kier alpha value is -2.73. The van der Waals surface area contributed by atoms with Crippen LogP contribution in [-0.4, -0.2) is 20.0 Å². The van der Waals surface area contributed by atoms with Gasteiger partial charge in [0.15, 0.2) is 6.29 Å². The van der Waals surface area contributed by atoms with Crippen molar-refractivity contribution < 1.29 is 14.3 Å². The summed E-state index contributed by atoms with van der Waals surface area (Å²) in [4.78, 5) is 11.0. The fourth-order valence-corrected chi connectivity index (χ4v) is 1.65. The van der Waals surface area contributed by atoms with Crippen LogP contribution < -0.4 is 9.47 Å². The monoisotopic (exact) mass is 266 g/mol. The number of aldehydes is 1. The van der Waals surface area contributed by atoms with Gasteiger partial charge < -0.3 is 9.47 Å². The van der Waals surface area contributed by atoms with Crippen LogP contribution in [0.25, 0.3) is 0 Å². The molecule has 0 N–H and O–H groups in total. The first-order chi connectivity index (χ1) is 9.83. The molecule has 20 heavy (non-hydrogen) atoms. The SMILES string of the molecule is COc1ccc(OCC#Cc2ccccc2)c(C=O)c1. The zero-order valence-electron chi connectivity index (χ0n) is 11.1. The molecule has 100 valence electrons. The summed E-state index contributed by atoms with van der Waals surface area (Å²) in [5.74, 6) is 7.02. The van der Waals surface area contributed by atoms with Crippen molar-refractivity contribution in [1.29, 1.82) is 0 Å². The third-order valence-electron chi connectivity index (χ3n) is 2.65. The zero-order chi connectivity index (χ0) is 14.2. The van der Waals surface area contributed by atoms with Gasteiger partial charge in [-0.05, 0) is 30.3 Å². The highest BCUT2D eigenvalue weighted by Gasteiger charge is 2.03. The van der Waals surface area contributed by atoms with Gasteiger partial charge in [0.25, 0.3) is 0 Å². The summed E-state index contributed by atoms with van der Waals surface area (Å²) in [5.41, 5.74) is 1.38. The Kier molecular flexibility index (Phi) is 4.80. The molecule has 0 aromatic heterocycles. The van der Waals surface area contributed by atoms with Crippen molar-refractivity contribution >= 4 is 6.29 Å². The van der Waals surface area contributed by atoms with Crippen LogP contribution in [0.3, 0.4) is 0 Å². The highest BCUT2D eigenvalue weighted by Crippen LogP contribution is 2.22. The normalized spacial score (nSPS) is 9.25. The van der Waals surface area contributed by atoms with E-state index < -0.39 is 0 Å². The van der Waals surface area contributed by atoms with E-state index in [1.165, 1.54) is 0 Å². The molecule has 0 unspecified atom stereocenters. The average molecular weight is 266 g/mol. The molecule has 0 aliphatic rings. The van der Waals surface area contributed by atoms with Crippen LogP contribution in [0.2, 0.25) is 0 Å². The highest BCUT2D eigenvalue weighted by atomic mass is 16.5. The Labute approximate surface area is 118 Å². The van der Waals surface area contributed by atoms with Gasteiger partial charge in [0.1, 0.15) is 18.1 Å². The summed E-state index contributed by atoms with van der Waals surface area (Å²) in [6.07, 6.45) is 0.739. The minimum absolute atomic E-state index is 0.224. The molecule has 0 atom stereocenters. The van der Waals surface area contributed by atoms with Crippen molar-refractivity contribution in [3.05, 3.63) is 59.7 Å². The van der Waals surface area contributed by atoms with Crippen molar-refractivity contribution in [3.63, 3.8) is 0 Å². The smallest absolute Gasteiger partial charge is 0.153 e. The van der Waals surface area contributed by atoms with Gasteiger partial charge >= 0.3 is 0 Å². The summed E-state index contributed by atoms with van der Waals surface area (Å²) in [7, 11) is 1.55. The summed E-state index contributed by atoms with van der Waals surface area (Å²) in [6, 6.07) is 14.7. The Morgan fingerprint density at radius 3 is 2.65 bits per heavy atom. The number of hydrogen-bond acceptors (Lipinski definition) is 3. The molecule has 0 saturated heterocycles. The van der Waals surface area contributed by atoms with Crippen LogP contribution in [0, 0.1) is 11.8 Å². The third kappa shape index (κ3) is 3.63. The van der Waals surface area contributed by atoms with E-state index >= 15 is 0 Å². The zero-order valence-corrected chi connectivity index (χ0v) is 11.1. The second kappa shape index (κ2) is 7.01. The molecule has 0 fully saturated rings. The Morgan fingerprint density at radius 2 is 1.95 bits per heavy atom. The van der Waals surface area contributed by atoms with E-state index in [2.05, 4.69) is 11.8 Å². The topological polar surface area (TPSA) is 35.5 Å². The molecule has 0 amide bonds. The van der Waals surface area contributed by atoms with Crippen molar-refractivity contribution in [2.75, 3.05) is 13.7 Å². The maximum atomic E-state index is 11.0. The highest BCUT2D eigenvalue weighted by molar-refractivity contribution is 5.80. The van der Waals surface area contributed by atoms with Gasteiger partial charge in [-0.1, -0.05) is 30.0 Å². The minimum atomic E-state index is 0.224. The van der Waals surface area contributed by atoms with Gasteiger partial charge in [-0.15, -0.1) is 0 Å². The molecule has 0 aliphatic carbocycles. The van der Waals surface area contributed by atoms with E-state index in [0.29, 0.717) is 17.1 Å². The summed E-state index contributed by atoms with van der Waals surface area (Å²) >= 11 is 0. The van der Waals surface area contributed by atoms with Gasteiger partial charge in [-0.25, -0.2) is 0 Å². The van der Waals surface area contributed by atoms with Crippen LogP contribution >= 0.6 is 0 Å². The average Bonchev–Trinajstić information content (AvgIpc) is 2.52. The molecule has 0 aliphatic heterocycles. The fourth-order valence-electron chi connectivity index (χ4n) is 1.65. The van der Waals surface area contributed by atoms with Gasteiger partial charge in [0.2, 0.25) is 0 Å². The molecule has 0 bridgehead atoms. The van der Waals surface area contributed by atoms with Crippen LogP contribution in [0.4, 0.5) is 0 Å². The number of carbonyl (C=O) groups is 1. The standard InChI is InChI=1S/C17H14O3/c1-19-16-9-10-17(15(12-16)13-18)20-11-5-8-14-6-3-2-4-7-14/h2-4,6-7,9-10,12-13H,11H2,1H3. The molecule has 0 saturated carbocycles. The van der Waals surface area contributed by atoms with Gasteiger partial charge in [-0.2, -0.15) is 0 Å². The van der Waals surface area contributed by atoms with E-state index in [-0.39, 0.29) is 6.61 Å². The number of methoxy groups -OCH3 is 1. The summed E-state index contributed by atoms with van der Waals surface area (Å²) < 4.78 is 10.5. The first kappa shape index (κ1) is 13.7. The number of hydrogen-bond donors (Lipinski definition) is 0. The lowest BCUT2D eigenvalue weighted by Crippen LogP contribution is -1.98. The molecular formula is C17H14O3. The molecule has 2 aromatic carbocycles. The van der Waals surface area contributed by atoms with E-state index in [0.717, 1.165) is 11.8 Å². The molecule has 2 rings (SSSR count). The predicted octanol–water partition coefficient (Wildman–Crippen LogP) is 2.94. The van der Waals surface area contributed by atoms with Crippen molar-refractivity contribution in [1.82, 2.24) is 0 Å². The molecule has 3 nitrogen and oxygen atoms in total. The van der Waals surface area contributed by atoms with E-state index in [4.69, 9.17) is 9.47 Å². The largest absolute Gasteiger partial charge is 0.497 e. The molecule has 0 spiro atoms. The second-order valence-electron chi connectivity index (χ2n) is 3.98. The number of ether oxygens (including phenoxy) is 2. The first-order valence-electron chi connectivity index (χ1n) is 6.13. The summed E-state index contributed by atoms with van der Waals surface area (Å²) in [6.45, 7) is 0.224. The molecule has 2 aromatic rings. The van der Waals surface area contributed by atoms with Crippen molar-refractivity contribution in [2.24, 2.45) is 0 Å². The fraction of sp³-hybridized carbons (Fsp3) is 0.118. The molecular weight excluding hydrogens is 252 g/mol. The first-order valence-corrected chi connectivity index (χ1v) is 6.13. The molecule has 3 heteroatoms. The number of carbonyl (C=O) groups excluding carboxylic acids is 1. The van der Waals surface area contributed by atoms with Crippen molar-refractivity contribution in [2.45, 2.75) is 0 Å². The Morgan fingerprint density at radius 1 is 1.15 bits per heavy atom. The minimum Gasteiger partial charge on any atom is -0.497 e. The lowest BCUT2D eigenvalue weighted by Gasteiger charge is -2.06. The lowest BCUT2D eigenvalue weighted by molar-refractivity contribution is 0.112. The van der Waals surface area contributed by atoms with Gasteiger partial charge in [0, 0.05) is 5.56 Å². The maximum Gasteiger partial charge on any atom is 0.153 e. The van der Waals surface area contributed by atoms with Crippen LogP contribution in [0.5, 0.6) is 11.5 Å². The number of benzene rings is 2. The third-order valence-corrected chi connectivity index (χ3v) is 2.65. The van der Waals surface area contributed by atoms with Crippen LogP contribution in [0.1, 0.15) is 15.9 Å². The van der Waals surface area contributed by atoms with Crippen molar-refractivity contribution in [3.8, 4) is 23.3 Å². The van der Waals surface area contributed by atoms with E-state index in [1.54, 1.807) is 25.3 Å². The van der Waals surface area contributed by atoms with Gasteiger partial charge in [-0.3, -0.25) is 4.79 Å². The lowest BCUT2D eigenvalue weighted by atomic mass is 10.2. The Balaban J connectivity index is 2.01. The van der Waals surface area contributed by atoms with Crippen LogP contribution in [-0.2, 0) is 0 Å². The second-order valence-corrected chi connectivity index (χ2v) is 3.98. The molecule has 0 radical (unpaired) electrons. The predicted molar refractivity (Wildman–Crippen MR) is 77.2 cm³/mol. The number of rotatable bonds is 4. The quantitative estimate of drug-likeness (QED) is 0.630. The van der Waals surface area contributed by atoms with Gasteiger partial charge in [0.05, 0.1) is 12.7 Å². The molecule has 0 heterocycles. The summed E-state index contributed by atoms with van der Waals surface area (Å²) in [5, 5.41) is 0. The van der Waals surface area contributed by atoms with E-state index in [1.807, 2.05) is 30.3 Å².